The molecule has 11 heteroatoms. The van der Waals surface area contributed by atoms with Crippen LogP contribution in [0.15, 0.2) is 29.7 Å². The van der Waals surface area contributed by atoms with Gasteiger partial charge in [-0.1, -0.05) is 30.0 Å². The molecule has 28 heavy (non-hydrogen) atoms. The molecule has 0 unspecified atom stereocenters. The number of carbonyl (C=O) groups is 1. The number of aryl methyl sites for hydroxylation is 1. The summed E-state index contributed by atoms with van der Waals surface area (Å²) in [7, 11) is 5.01. The first-order valence-corrected chi connectivity index (χ1v) is 10.1. The summed E-state index contributed by atoms with van der Waals surface area (Å²) < 4.78 is 12.4. The molecule has 0 saturated heterocycles. The first kappa shape index (κ1) is 20.1. The highest BCUT2D eigenvalue weighted by Crippen LogP contribution is 2.36. The molecule has 148 valence electrons. The summed E-state index contributed by atoms with van der Waals surface area (Å²) in [6, 6.07) is 5.45. The van der Waals surface area contributed by atoms with Gasteiger partial charge in [-0.2, -0.15) is 0 Å². The number of hydrogen-bond donors (Lipinski definition) is 1. The zero-order valence-electron chi connectivity index (χ0n) is 15.9. The van der Waals surface area contributed by atoms with E-state index in [1.165, 1.54) is 23.1 Å². The van der Waals surface area contributed by atoms with Gasteiger partial charge in [-0.3, -0.25) is 10.1 Å². The van der Waals surface area contributed by atoms with Crippen LogP contribution in [0.4, 0.5) is 5.13 Å². The van der Waals surface area contributed by atoms with Gasteiger partial charge < -0.3 is 14.0 Å². The molecular formula is C17H20N6O3S2. The predicted molar refractivity (Wildman–Crippen MR) is 108 cm³/mol. The molecule has 0 saturated carbocycles. The van der Waals surface area contributed by atoms with Crippen molar-refractivity contribution in [3.63, 3.8) is 0 Å². The predicted octanol–water partition coefficient (Wildman–Crippen LogP) is 2.86. The molecule has 1 aromatic carbocycles. The van der Waals surface area contributed by atoms with Crippen LogP contribution < -0.4 is 14.8 Å². The topological polar surface area (TPSA) is 104 Å². The van der Waals surface area contributed by atoms with E-state index >= 15 is 0 Å². The van der Waals surface area contributed by atoms with E-state index < -0.39 is 0 Å². The second-order valence-electron chi connectivity index (χ2n) is 5.71. The van der Waals surface area contributed by atoms with Crippen molar-refractivity contribution in [3.8, 4) is 22.1 Å². The Morgan fingerprint density at radius 1 is 1.29 bits per heavy atom. The Balaban J connectivity index is 1.73. The van der Waals surface area contributed by atoms with Crippen LogP contribution >= 0.6 is 23.1 Å². The SMILES string of the molecule is CC[C@@H](Sc1nncn1C)C(=O)Nc1nnc(-c2ccc(OC)cc2OC)s1. The van der Waals surface area contributed by atoms with E-state index in [9.17, 15) is 4.79 Å². The van der Waals surface area contributed by atoms with Gasteiger partial charge >= 0.3 is 0 Å². The minimum absolute atomic E-state index is 0.153. The van der Waals surface area contributed by atoms with Crippen molar-refractivity contribution >= 4 is 34.1 Å². The minimum Gasteiger partial charge on any atom is -0.497 e. The smallest absolute Gasteiger partial charge is 0.239 e. The molecule has 0 aliphatic carbocycles. The third kappa shape index (κ3) is 4.42. The van der Waals surface area contributed by atoms with Crippen LogP contribution in [0.2, 0.25) is 0 Å². The van der Waals surface area contributed by atoms with Crippen LogP contribution in [0.3, 0.4) is 0 Å². The van der Waals surface area contributed by atoms with Gasteiger partial charge in [-0.25, -0.2) is 0 Å². The number of amides is 1. The maximum Gasteiger partial charge on any atom is 0.239 e. The third-order valence-corrected chi connectivity index (χ3v) is 6.16. The Morgan fingerprint density at radius 2 is 2.11 bits per heavy atom. The highest BCUT2D eigenvalue weighted by molar-refractivity contribution is 8.00. The summed E-state index contributed by atoms with van der Waals surface area (Å²) >= 11 is 2.64. The minimum atomic E-state index is -0.314. The zero-order chi connectivity index (χ0) is 20.1. The molecule has 3 rings (SSSR count). The normalized spacial score (nSPS) is 11.9. The van der Waals surface area contributed by atoms with E-state index in [0.29, 0.717) is 33.2 Å². The van der Waals surface area contributed by atoms with Crippen LogP contribution in [0.25, 0.3) is 10.6 Å². The van der Waals surface area contributed by atoms with E-state index in [4.69, 9.17) is 9.47 Å². The van der Waals surface area contributed by atoms with Gasteiger partial charge in [0.05, 0.1) is 25.0 Å². The second kappa shape index (κ2) is 9.02. The van der Waals surface area contributed by atoms with Gasteiger partial charge in [0, 0.05) is 13.1 Å². The summed E-state index contributed by atoms with van der Waals surface area (Å²) in [5.74, 6) is 1.16. The van der Waals surface area contributed by atoms with Crippen molar-refractivity contribution in [2.24, 2.45) is 7.05 Å². The zero-order valence-corrected chi connectivity index (χ0v) is 17.5. The van der Waals surface area contributed by atoms with Gasteiger partial charge in [0.2, 0.25) is 11.0 Å². The maximum absolute atomic E-state index is 12.6. The Morgan fingerprint density at radius 3 is 2.75 bits per heavy atom. The number of anilines is 1. The average molecular weight is 421 g/mol. The Bertz CT molecular complexity index is 958. The molecule has 1 atom stereocenters. The first-order valence-electron chi connectivity index (χ1n) is 8.43. The number of thioether (sulfide) groups is 1. The van der Waals surface area contributed by atoms with Gasteiger partial charge in [0.1, 0.15) is 17.8 Å². The summed E-state index contributed by atoms with van der Waals surface area (Å²) in [5.41, 5.74) is 0.779. The van der Waals surface area contributed by atoms with Crippen LogP contribution in [-0.2, 0) is 11.8 Å². The van der Waals surface area contributed by atoms with Crippen LogP contribution in [-0.4, -0.2) is 50.3 Å². The number of nitrogens with zero attached hydrogens (tertiary/aromatic N) is 5. The number of benzene rings is 1. The number of aromatic nitrogens is 5. The molecule has 0 spiro atoms. The molecule has 0 fully saturated rings. The molecule has 0 radical (unpaired) electrons. The summed E-state index contributed by atoms with van der Waals surface area (Å²) in [4.78, 5) is 12.6. The quantitative estimate of drug-likeness (QED) is 0.555. The number of rotatable bonds is 8. The summed E-state index contributed by atoms with van der Waals surface area (Å²) in [5, 5.41) is 20.4. The number of nitrogens with one attached hydrogen (secondary N) is 1. The van der Waals surface area contributed by atoms with Gasteiger partial charge in [0.25, 0.3) is 0 Å². The molecule has 1 amide bonds. The van der Waals surface area contributed by atoms with Crippen molar-refractivity contribution in [2.45, 2.75) is 23.8 Å². The van der Waals surface area contributed by atoms with Crippen molar-refractivity contribution < 1.29 is 14.3 Å². The molecule has 0 aliphatic heterocycles. The van der Waals surface area contributed by atoms with Gasteiger partial charge in [-0.05, 0) is 18.6 Å². The highest BCUT2D eigenvalue weighted by atomic mass is 32.2. The molecule has 1 N–H and O–H groups in total. The molecule has 2 aromatic heterocycles. The summed E-state index contributed by atoms with van der Waals surface area (Å²) in [6.45, 7) is 1.95. The lowest BCUT2D eigenvalue weighted by Gasteiger charge is -2.12. The monoisotopic (exact) mass is 420 g/mol. The van der Waals surface area contributed by atoms with Crippen molar-refractivity contribution in [1.82, 2.24) is 25.0 Å². The van der Waals surface area contributed by atoms with Gasteiger partial charge in [0.15, 0.2) is 10.2 Å². The average Bonchev–Trinajstić information content (AvgIpc) is 3.34. The van der Waals surface area contributed by atoms with Crippen LogP contribution in [0, 0.1) is 0 Å². The molecule has 9 nitrogen and oxygen atoms in total. The van der Waals surface area contributed by atoms with E-state index in [1.54, 1.807) is 31.2 Å². The fourth-order valence-electron chi connectivity index (χ4n) is 2.37. The van der Waals surface area contributed by atoms with Crippen molar-refractivity contribution in [1.29, 1.82) is 0 Å². The molecule has 0 bridgehead atoms. The maximum atomic E-state index is 12.6. The first-order chi connectivity index (χ1) is 13.5. The van der Waals surface area contributed by atoms with Crippen LogP contribution in [0.5, 0.6) is 11.5 Å². The molecule has 2 heterocycles. The molecule has 0 aliphatic rings. The Kier molecular flexibility index (Phi) is 6.47. The van der Waals surface area contributed by atoms with E-state index in [0.717, 1.165) is 5.56 Å². The Labute approximate surface area is 170 Å². The lowest BCUT2D eigenvalue weighted by atomic mass is 10.2. The lowest BCUT2D eigenvalue weighted by molar-refractivity contribution is -0.115. The highest BCUT2D eigenvalue weighted by Gasteiger charge is 2.22. The number of ether oxygens (including phenoxy) is 2. The van der Waals surface area contributed by atoms with E-state index in [-0.39, 0.29) is 11.2 Å². The van der Waals surface area contributed by atoms with Crippen molar-refractivity contribution in [3.05, 3.63) is 24.5 Å². The standard InChI is InChI=1S/C17H20N6O3S2/c1-5-13(27-17-22-18-9-23(17)2)14(24)19-16-21-20-15(28-16)11-7-6-10(25-3)8-12(11)26-4/h6-9,13H,5H2,1-4H3,(H,19,21,24)/t13-/m1/s1. The van der Waals surface area contributed by atoms with Crippen LogP contribution in [0.1, 0.15) is 13.3 Å². The lowest BCUT2D eigenvalue weighted by Crippen LogP contribution is -2.24. The fourth-order valence-corrected chi connectivity index (χ4v) is 4.04. The van der Waals surface area contributed by atoms with E-state index in [1.807, 2.05) is 26.1 Å². The number of hydrogen-bond acceptors (Lipinski definition) is 9. The molecular weight excluding hydrogens is 400 g/mol. The van der Waals surface area contributed by atoms with Gasteiger partial charge in [-0.15, -0.1) is 20.4 Å². The fraction of sp³-hybridized carbons (Fsp3) is 0.353. The summed E-state index contributed by atoms with van der Waals surface area (Å²) in [6.07, 6.45) is 2.24. The number of carbonyl (C=O) groups excluding carboxylic acids is 1. The van der Waals surface area contributed by atoms with E-state index in [2.05, 4.69) is 25.7 Å². The number of methoxy groups -OCH3 is 2. The molecule has 3 aromatic rings. The largest absolute Gasteiger partial charge is 0.497 e. The second-order valence-corrected chi connectivity index (χ2v) is 7.85. The van der Waals surface area contributed by atoms with Crippen molar-refractivity contribution in [2.75, 3.05) is 19.5 Å². The Hall–Kier alpha value is -2.66. The third-order valence-electron chi connectivity index (χ3n) is 3.87.